The van der Waals surface area contributed by atoms with Crippen molar-refractivity contribution in [3.8, 4) is 0 Å². The van der Waals surface area contributed by atoms with Crippen LogP contribution >= 0.6 is 11.6 Å². The van der Waals surface area contributed by atoms with Crippen molar-refractivity contribution in [2.24, 2.45) is 5.73 Å². The highest BCUT2D eigenvalue weighted by Crippen LogP contribution is 2.35. The minimum Gasteiger partial charge on any atom is -0.315 e. The maximum atomic E-state index is 11.9. The molecule has 2 rings (SSSR count). The van der Waals surface area contributed by atoms with Crippen LogP contribution in [0.4, 0.5) is 0 Å². The van der Waals surface area contributed by atoms with Crippen LogP contribution in [0.3, 0.4) is 0 Å². The Balaban J connectivity index is 2.44. The molecular formula is C12H14ClNO. The number of rotatable bonds is 1. The summed E-state index contributed by atoms with van der Waals surface area (Å²) in [5.41, 5.74) is 6.11. The van der Waals surface area contributed by atoms with Gasteiger partial charge in [-0.15, -0.1) is 0 Å². The second kappa shape index (κ2) is 3.95. The zero-order valence-electron chi connectivity index (χ0n) is 8.50. The molecule has 1 aromatic carbocycles. The SMILES string of the molecule is NC1([13c]2[13cH][13cH][13cH][13cH][13c]2Cl)CCCCC1=O. The molecule has 2 N–H and O–H groups in total. The molecule has 3 heteroatoms. The first kappa shape index (κ1) is 10.7. The molecule has 1 aromatic rings. The monoisotopic (exact) mass is 229 g/mol. The van der Waals surface area contributed by atoms with Gasteiger partial charge >= 0.3 is 0 Å². The van der Waals surface area contributed by atoms with E-state index in [0.717, 1.165) is 18.4 Å². The summed E-state index contributed by atoms with van der Waals surface area (Å²) in [5, 5.41) is 0.593. The molecule has 80 valence electrons. The van der Waals surface area contributed by atoms with E-state index in [1.807, 2.05) is 18.2 Å². The van der Waals surface area contributed by atoms with Crippen LogP contribution in [0.5, 0.6) is 0 Å². The first-order valence-corrected chi connectivity index (χ1v) is 5.59. The van der Waals surface area contributed by atoms with Gasteiger partial charge in [0.25, 0.3) is 0 Å². The molecule has 1 saturated carbocycles. The van der Waals surface area contributed by atoms with E-state index in [-0.39, 0.29) is 5.78 Å². The van der Waals surface area contributed by atoms with Crippen LogP contribution in [0, 0.1) is 0 Å². The number of benzene rings is 1. The van der Waals surface area contributed by atoms with Gasteiger partial charge in [-0.3, -0.25) is 4.79 Å². The van der Waals surface area contributed by atoms with Gasteiger partial charge in [0.15, 0.2) is 5.78 Å². The molecule has 1 unspecified atom stereocenters. The summed E-state index contributed by atoms with van der Waals surface area (Å²) >= 11 is 6.08. The molecule has 0 aromatic heterocycles. The van der Waals surface area contributed by atoms with Crippen molar-refractivity contribution in [1.82, 2.24) is 0 Å². The van der Waals surface area contributed by atoms with E-state index in [1.54, 1.807) is 6.07 Å². The summed E-state index contributed by atoms with van der Waals surface area (Å²) in [5.74, 6) is 0.113. The third-order valence-corrected chi connectivity index (χ3v) is 3.41. The zero-order chi connectivity index (χ0) is 10.9. The minimum absolute atomic E-state index is 0.113. The van der Waals surface area contributed by atoms with Crippen LogP contribution in [0.25, 0.3) is 0 Å². The lowest BCUT2D eigenvalue weighted by Crippen LogP contribution is -2.47. The second-order valence-corrected chi connectivity index (χ2v) is 4.49. The summed E-state index contributed by atoms with van der Waals surface area (Å²) in [4.78, 5) is 11.9. The Hall–Kier alpha value is -0.860. The normalized spacial score (nSPS) is 26.7. The van der Waals surface area contributed by atoms with Crippen molar-refractivity contribution >= 4 is 17.4 Å². The molecule has 0 saturated heterocycles. The Kier molecular flexibility index (Phi) is 2.81. The molecule has 1 fully saturated rings. The minimum atomic E-state index is -0.851. The first-order valence-electron chi connectivity index (χ1n) is 5.22. The van der Waals surface area contributed by atoms with Crippen molar-refractivity contribution in [2.45, 2.75) is 31.2 Å². The predicted molar refractivity (Wildman–Crippen MR) is 60.8 cm³/mol. The van der Waals surface area contributed by atoms with Gasteiger partial charge in [-0.2, -0.15) is 0 Å². The Morgan fingerprint density at radius 1 is 1.27 bits per heavy atom. The number of hydrogen-bond donors (Lipinski definition) is 1. The number of hydrogen-bond acceptors (Lipinski definition) is 2. The number of nitrogens with two attached hydrogens (primary N) is 1. The van der Waals surface area contributed by atoms with Crippen LogP contribution in [0.2, 0.25) is 5.02 Å². The molecule has 1 atom stereocenters. The van der Waals surface area contributed by atoms with E-state index in [2.05, 4.69) is 0 Å². The van der Waals surface area contributed by atoms with Crippen molar-refractivity contribution in [2.75, 3.05) is 0 Å². The number of carbonyl (C=O) groups is 1. The Morgan fingerprint density at radius 2 is 2.00 bits per heavy atom. The third kappa shape index (κ3) is 1.80. The fraction of sp³-hybridized carbons (Fsp3) is 0.417. The molecular weight excluding hydrogens is 216 g/mol. The molecule has 0 heterocycles. The van der Waals surface area contributed by atoms with E-state index >= 15 is 0 Å². The number of Topliss-reactive ketones (excluding diaryl/α,β-unsaturated/α-hetero) is 1. The lowest BCUT2D eigenvalue weighted by Gasteiger charge is -2.32. The molecule has 2 nitrogen and oxygen atoms in total. The topological polar surface area (TPSA) is 43.1 Å². The average Bonchev–Trinajstić information content (AvgIpc) is 2.23. The van der Waals surface area contributed by atoms with Crippen LogP contribution in [-0.4, -0.2) is 5.78 Å². The predicted octanol–water partition coefficient (Wildman–Crippen LogP) is 2.64. The molecule has 1 aliphatic carbocycles. The molecule has 15 heavy (non-hydrogen) atoms. The molecule has 0 bridgehead atoms. The summed E-state index contributed by atoms with van der Waals surface area (Å²) in [6.45, 7) is 0. The quantitative estimate of drug-likeness (QED) is 0.805. The average molecular weight is 230 g/mol. The van der Waals surface area contributed by atoms with Gasteiger partial charge in [-0.05, 0) is 24.5 Å². The van der Waals surface area contributed by atoms with Crippen molar-refractivity contribution < 1.29 is 4.79 Å². The number of ketones is 1. The first-order chi connectivity index (χ1) is 7.14. The number of carbonyl (C=O) groups excluding carboxylic acids is 1. The summed E-state index contributed by atoms with van der Waals surface area (Å²) in [7, 11) is 0. The van der Waals surface area contributed by atoms with Gasteiger partial charge in [0, 0.05) is 11.4 Å². The smallest absolute Gasteiger partial charge is 0.157 e. The van der Waals surface area contributed by atoms with Crippen molar-refractivity contribution in [3.05, 3.63) is 34.9 Å². The van der Waals surface area contributed by atoms with Crippen LogP contribution in [0.1, 0.15) is 31.2 Å². The van der Waals surface area contributed by atoms with Gasteiger partial charge in [0.2, 0.25) is 0 Å². The zero-order valence-corrected chi connectivity index (χ0v) is 9.26. The fourth-order valence-corrected chi connectivity index (χ4v) is 2.46. The van der Waals surface area contributed by atoms with Gasteiger partial charge in [-0.25, -0.2) is 0 Å². The second-order valence-electron chi connectivity index (χ2n) is 4.08. The Bertz CT molecular complexity index is 391. The van der Waals surface area contributed by atoms with Gasteiger partial charge in [0.05, 0.1) is 0 Å². The fourth-order valence-electron chi connectivity index (χ4n) is 2.16. The standard InChI is InChI=1S/C12H14ClNO/c13-10-6-2-1-5-9(10)12(14)8-4-3-7-11(12)15/h1-2,5-6H,3-4,7-8,14H2/i1+1,2+1,5+1,6+1,9+1,10+1. The van der Waals surface area contributed by atoms with E-state index < -0.39 is 5.54 Å². The largest absolute Gasteiger partial charge is 0.315 e. The highest BCUT2D eigenvalue weighted by molar-refractivity contribution is 6.31. The lowest BCUT2D eigenvalue weighted by molar-refractivity contribution is -0.126. The molecule has 0 spiro atoms. The molecule has 1 aliphatic rings. The Labute approximate surface area is 94.4 Å². The molecule has 0 aliphatic heterocycles. The Morgan fingerprint density at radius 3 is 2.67 bits per heavy atom. The van der Waals surface area contributed by atoms with Crippen molar-refractivity contribution in [1.29, 1.82) is 0 Å². The number of halogens is 1. The molecule has 0 radical (unpaired) electrons. The van der Waals surface area contributed by atoms with Crippen molar-refractivity contribution in [3.63, 3.8) is 0 Å². The highest BCUT2D eigenvalue weighted by Gasteiger charge is 2.38. The van der Waals surface area contributed by atoms with Gasteiger partial charge in [0.1, 0.15) is 5.54 Å². The summed E-state index contributed by atoms with van der Waals surface area (Å²) in [6.07, 6.45) is 3.22. The van der Waals surface area contributed by atoms with E-state index in [4.69, 9.17) is 17.3 Å². The van der Waals surface area contributed by atoms with Crippen LogP contribution in [0.15, 0.2) is 24.3 Å². The maximum Gasteiger partial charge on any atom is 0.157 e. The van der Waals surface area contributed by atoms with E-state index in [0.29, 0.717) is 17.9 Å². The lowest BCUT2D eigenvalue weighted by atomic mass is 9.86. The maximum absolute atomic E-state index is 11.9. The van der Waals surface area contributed by atoms with Crippen LogP contribution < -0.4 is 5.73 Å². The summed E-state index contributed by atoms with van der Waals surface area (Å²) < 4.78 is 0. The third-order valence-electron chi connectivity index (χ3n) is 3.08. The highest BCUT2D eigenvalue weighted by atomic mass is 35.5. The molecule has 0 amide bonds. The van der Waals surface area contributed by atoms with Gasteiger partial charge in [-0.1, -0.05) is 36.2 Å². The van der Waals surface area contributed by atoms with Gasteiger partial charge < -0.3 is 5.73 Å². The van der Waals surface area contributed by atoms with E-state index in [9.17, 15) is 4.79 Å². The van der Waals surface area contributed by atoms with Crippen LogP contribution in [-0.2, 0) is 10.3 Å². The van der Waals surface area contributed by atoms with E-state index in [1.165, 1.54) is 0 Å². The summed E-state index contributed by atoms with van der Waals surface area (Å²) in [6, 6.07) is 7.36.